The van der Waals surface area contributed by atoms with Crippen LogP contribution in [0.5, 0.6) is 0 Å². The number of hydrogen-bond acceptors (Lipinski definition) is 2. The molecule has 2 nitrogen and oxygen atoms in total. The average Bonchev–Trinajstić information content (AvgIpc) is 2.88. The highest BCUT2D eigenvalue weighted by atomic mass is 16.3. The van der Waals surface area contributed by atoms with E-state index in [1.807, 2.05) is 13.0 Å². The van der Waals surface area contributed by atoms with Gasteiger partial charge in [0, 0.05) is 19.0 Å². The Bertz CT molecular complexity index is 556. The molecule has 0 bridgehead atoms. The van der Waals surface area contributed by atoms with Crippen molar-refractivity contribution in [1.82, 2.24) is 4.90 Å². The van der Waals surface area contributed by atoms with Crippen LogP contribution in [0.3, 0.4) is 0 Å². The van der Waals surface area contributed by atoms with Gasteiger partial charge in [-0.2, -0.15) is 0 Å². The zero-order valence-electron chi connectivity index (χ0n) is 14.4. The Morgan fingerprint density at radius 2 is 2.13 bits per heavy atom. The van der Waals surface area contributed by atoms with Crippen molar-refractivity contribution in [2.75, 3.05) is 19.6 Å². The van der Waals surface area contributed by atoms with Crippen molar-refractivity contribution in [3.8, 4) is 0 Å². The van der Waals surface area contributed by atoms with Gasteiger partial charge in [-0.15, -0.1) is 0 Å². The monoisotopic (exact) mass is 311 g/mol. The molecular weight excluding hydrogens is 282 g/mol. The first kappa shape index (κ1) is 17.7. The van der Waals surface area contributed by atoms with Crippen molar-refractivity contribution in [3.63, 3.8) is 0 Å². The van der Waals surface area contributed by atoms with Crippen molar-refractivity contribution < 1.29 is 5.11 Å². The second kappa shape index (κ2) is 8.28. The Balaban J connectivity index is 2.14. The minimum absolute atomic E-state index is 0.357. The van der Waals surface area contributed by atoms with Crippen LogP contribution in [0.15, 0.2) is 66.8 Å². The number of aliphatic hydroxyl groups is 1. The number of benzene rings is 1. The molecule has 2 heteroatoms. The predicted octanol–water partition coefficient (Wildman–Crippen LogP) is 4.31. The zero-order chi connectivity index (χ0) is 16.7. The summed E-state index contributed by atoms with van der Waals surface area (Å²) in [6.07, 6.45) is 10.2. The van der Waals surface area contributed by atoms with Crippen molar-refractivity contribution >= 4 is 0 Å². The first-order valence-electron chi connectivity index (χ1n) is 8.51. The van der Waals surface area contributed by atoms with Crippen LogP contribution in [0.1, 0.15) is 38.2 Å². The summed E-state index contributed by atoms with van der Waals surface area (Å²) in [6.45, 7) is 10.6. The van der Waals surface area contributed by atoms with E-state index in [0.717, 1.165) is 32.5 Å². The van der Waals surface area contributed by atoms with Crippen LogP contribution in [-0.4, -0.2) is 35.2 Å². The summed E-state index contributed by atoms with van der Waals surface area (Å²) in [7, 11) is 0. The smallest absolute Gasteiger partial charge is 0.0758 e. The molecular formula is C21H29NO. The summed E-state index contributed by atoms with van der Waals surface area (Å²) < 4.78 is 0. The topological polar surface area (TPSA) is 23.5 Å². The Morgan fingerprint density at radius 3 is 2.70 bits per heavy atom. The summed E-state index contributed by atoms with van der Waals surface area (Å²) in [5.41, 5.74) is 2.11. The van der Waals surface area contributed by atoms with E-state index >= 15 is 0 Å². The largest absolute Gasteiger partial charge is 0.389 e. The van der Waals surface area contributed by atoms with Gasteiger partial charge in [-0.1, -0.05) is 61.2 Å². The van der Waals surface area contributed by atoms with E-state index in [1.54, 1.807) is 0 Å². The molecule has 0 radical (unpaired) electrons. The first-order chi connectivity index (χ1) is 11.1. The molecule has 0 amide bonds. The SMILES string of the molecule is C=C/C=C(\C=C/C)C(CCN1CCC(C)(O)C1)c1ccccc1. The maximum Gasteiger partial charge on any atom is 0.0758 e. The van der Waals surface area contributed by atoms with Crippen LogP contribution in [-0.2, 0) is 0 Å². The van der Waals surface area contributed by atoms with Gasteiger partial charge in [0.25, 0.3) is 0 Å². The minimum atomic E-state index is -0.522. The van der Waals surface area contributed by atoms with Crippen LogP contribution < -0.4 is 0 Å². The third-order valence-corrected chi connectivity index (χ3v) is 4.54. The molecule has 0 aromatic heterocycles. The van der Waals surface area contributed by atoms with Gasteiger partial charge in [0.15, 0.2) is 0 Å². The lowest BCUT2D eigenvalue weighted by Crippen LogP contribution is -2.30. The van der Waals surface area contributed by atoms with Gasteiger partial charge >= 0.3 is 0 Å². The summed E-state index contributed by atoms with van der Waals surface area (Å²) in [5.74, 6) is 0.357. The number of nitrogens with zero attached hydrogens (tertiary/aromatic N) is 1. The number of allylic oxidation sites excluding steroid dienone is 5. The van der Waals surface area contributed by atoms with Gasteiger partial charge in [-0.05, 0) is 44.4 Å². The van der Waals surface area contributed by atoms with Gasteiger partial charge in [-0.3, -0.25) is 0 Å². The molecule has 0 aliphatic carbocycles. The predicted molar refractivity (Wildman–Crippen MR) is 98.6 cm³/mol. The van der Waals surface area contributed by atoms with Gasteiger partial charge in [0.1, 0.15) is 0 Å². The van der Waals surface area contributed by atoms with Crippen molar-refractivity contribution in [2.24, 2.45) is 0 Å². The van der Waals surface area contributed by atoms with Gasteiger partial charge < -0.3 is 10.0 Å². The molecule has 23 heavy (non-hydrogen) atoms. The van der Waals surface area contributed by atoms with Crippen molar-refractivity contribution in [1.29, 1.82) is 0 Å². The van der Waals surface area contributed by atoms with Crippen molar-refractivity contribution in [2.45, 2.75) is 38.2 Å². The van der Waals surface area contributed by atoms with E-state index in [-0.39, 0.29) is 0 Å². The standard InChI is InChI=1S/C21H29NO/c1-4-9-18(10-5-2)20(19-11-7-6-8-12-19)13-15-22-16-14-21(3,23)17-22/h4-12,20,23H,1,13-17H2,2-3H3/b10-5-,18-9+. The highest BCUT2D eigenvalue weighted by molar-refractivity contribution is 5.36. The Hall–Kier alpha value is -1.64. The molecule has 2 atom stereocenters. The molecule has 0 saturated carbocycles. The van der Waals surface area contributed by atoms with E-state index in [9.17, 15) is 5.11 Å². The molecule has 1 aliphatic rings. The van der Waals surface area contributed by atoms with Crippen LogP contribution in [0, 0.1) is 0 Å². The minimum Gasteiger partial charge on any atom is -0.389 e. The summed E-state index contributed by atoms with van der Waals surface area (Å²) in [5, 5.41) is 10.1. The molecule has 1 aromatic rings. The molecule has 1 N–H and O–H groups in total. The third kappa shape index (κ3) is 5.19. The van der Waals surface area contributed by atoms with E-state index < -0.39 is 5.60 Å². The molecule has 124 valence electrons. The lowest BCUT2D eigenvalue weighted by molar-refractivity contribution is 0.0685. The molecule has 1 fully saturated rings. The van der Waals surface area contributed by atoms with Gasteiger partial charge in [-0.25, -0.2) is 0 Å². The van der Waals surface area contributed by atoms with E-state index in [4.69, 9.17) is 0 Å². The fourth-order valence-corrected chi connectivity index (χ4v) is 3.37. The first-order valence-corrected chi connectivity index (χ1v) is 8.51. The van der Waals surface area contributed by atoms with Gasteiger partial charge in [0.2, 0.25) is 0 Å². The van der Waals surface area contributed by atoms with Crippen LogP contribution in [0.2, 0.25) is 0 Å². The third-order valence-electron chi connectivity index (χ3n) is 4.54. The maximum absolute atomic E-state index is 10.1. The number of hydrogen-bond donors (Lipinski definition) is 1. The molecule has 1 saturated heterocycles. The van der Waals surface area contributed by atoms with E-state index in [2.05, 4.69) is 67.0 Å². The van der Waals surface area contributed by atoms with E-state index in [0.29, 0.717) is 5.92 Å². The second-order valence-electron chi connectivity index (χ2n) is 6.68. The molecule has 1 aromatic carbocycles. The van der Waals surface area contributed by atoms with Crippen LogP contribution >= 0.6 is 0 Å². The fourth-order valence-electron chi connectivity index (χ4n) is 3.37. The highest BCUT2D eigenvalue weighted by Crippen LogP contribution is 2.30. The summed E-state index contributed by atoms with van der Waals surface area (Å²) in [4.78, 5) is 2.37. The van der Waals surface area contributed by atoms with E-state index in [1.165, 1.54) is 11.1 Å². The summed E-state index contributed by atoms with van der Waals surface area (Å²) >= 11 is 0. The number of likely N-dealkylation sites (tertiary alicyclic amines) is 1. The lowest BCUT2D eigenvalue weighted by atomic mass is 9.87. The van der Waals surface area contributed by atoms with Gasteiger partial charge in [0.05, 0.1) is 5.60 Å². The Kier molecular flexibility index (Phi) is 6.37. The normalized spacial score (nSPS) is 24.2. The highest BCUT2D eigenvalue weighted by Gasteiger charge is 2.31. The number of β-amino-alcohol motifs (C(OH)–C–C–N with tert-alkyl or cyclic N) is 1. The zero-order valence-corrected chi connectivity index (χ0v) is 14.4. The molecule has 2 rings (SSSR count). The number of rotatable bonds is 7. The average molecular weight is 311 g/mol. The molecule has 2 unspecified atom stereocenters. The summed E-state index contributed by atoms with van der Waals surface area (Å²) in [6, 6.07) is 10.7. The van der Waals surface area contributed by atoms with Crippen molar-refractivity contribution in [3.05, 3.63) is 72.4 Å². The Morgan fingerprint density at radius 1 is 1.39 bits per heavy atom. The fraction of sp³-hybridized carbons (Fsp3) is 0.429. The van der Waals surface area contributed by atoms with Crippen LogP contribution in [0.25, 0.3) is 0 Å². The lowest BCUT2D eigenvalue weighted by Gasteiger charge is -2.24. The van der Waals surface area contributed by atoms with Crippen LogP contribution in [0.4, 0.5) is 0 Å². The molecule has 0 spiro atoms. The molecule has 1 heterocycles. The second-order valence-corrected chi connectivity index (χ2v) is 6.68. The quantitative estimate of drug-likeness (QED) is 0.759. The Labute approximate surface area is 140 Å². The maximum atomic E-state index is 10.1. The molecule has 1 aliphatic heterocycles.